The molecular formula is C11H12INO5S. The smallest absolute Gasteiger partial charge is 0.336 e. The summed E-state index contributed by atoms with van der Waals surface area (Å²) in [4.78, 5) is 11.0. The van der Waals surface area contributed by atoms with Crippen LogP contribution in [0.3, 0.4) is 0 Å². The van der Waals surface area contributed by atoms with E-state index in [1.165, 1.54) is 16.4 Å². The number of aliphatic hydroxyl groups is 1. The number of aliphatic hydroxyl groups excluding tert-OH is 1. The van der Waals surface area contributed by atoms with Crippen LogP contribution in [-0.2, 0) is 10.0 Å². The fourth-order valence-corrected chi connectivity index (χ4v) is 3.99. The lowest BCUT2D eigenvalue weighted by atomic mass is 10.2. The first-order valence-electron chi connectivity index (χ1n) is 5.53. The lowest BCUT2D eigenvalue weighted by Gasteiger charge is -2.16. The van der Waals surface area contributed by atoms with E-state index >= 15 is 0 Å². The average Bonchev–Trinajstić information content (AvgIpc) is 2.76. The summed E-state index contributed by atoms with van der Waals surface area (Å²) in [6.45, 7) is 0.300. The molecule has 0 unspecified atom stereocenters. The minimum absolute atomic E-state index is 0.0404. The Morgan fingerprint density at radius 2 is 2.11 bits per heavy atom. The van der Waals surface area contributed by atoms with E-state index in [9.17, 15) is 18.3 Å². The zero-order chi connectivity index (χ0) is 14.2. The molecule has 0 amide bonds. The molecule has 19 heavy (non-hydrogen) atoms. The van der Waals surface area contributed by atoms with Crippen molar-refractivity contribution in [3.05, 3.63) is 27.3 Å². The standard InChI is InChI=1S/C11H12INO5S/c12-10-2-1-8(5-9(10)11(15)16)19(17,18)13-4-3-7(14)6-13/h1-2,5,7,14H,3-4,6H2,(H,15,16)/t7-/m0/s1. The van der Waals surface area contributed by atoms with Crippen molar-refractivity contribution in [1.82, 2.24) is 4.31 Å². The highest BCUT2D eigenvalue weighted by atomic mass is 127. The van der Waals surface area contributed by atoms with Gasteiger partial charge in [0, 0.05) is 16.7 Å². The molecule has 0 aromatic heterocycles. The van der Waals surface area contributed by atoms with Crippen LogP contribution < -0.4 is 0 Å². The van der Waals surface area contributed by atoms with E-state index in [0.717, 1.165) is 6.07 Å². The molecule has 0 saturated carbocycles. The van der Waals surface area contributed by atoms with Crippen LogP contribution in [0, 0.1) is 3.57 Å². The van der Waals surface area contributed by atoms with E-state index in [4.69, 9.17) is 5.11 Å². The third-order valence-corrected chi connectivity index (χ3v) is 5.73. The molecule has 1 aromatic carbocycles. The van der Waals surface area contributed by atoms with Gasteiger partial charge in [0.05, 0.1) is 16.6 Å². The van der Waals surface area contributed by atoms with E-state index in [1.54, 1.807) is 0 Å². The lowest BCUT2D eigenvalue weighted by Crippen LogP contribution is -2.29. The highest BCUT2D eigenvalue weighted by Crippen LogP contribution is 2.24. The highest BCUT2D eigenvalue weighted by Gasteiger charge is 2.32. The van der Waals surface area contributed by atoms with Gasteiger partial charge in [-0.3, -0.25) is 0 Å². The van der Waals surface area contributed by atoms with Crippen molar-refractivity contribution in [2.45, 2.75) is 17.4 Å². The Balaban J connectivity index is 2.41. The third kappa shape index (κ3) is 2.91. The summed E-state index contributed by atoms with van der Waals surface area (Å²) >= 11 is 1.84. The molecule has 8 heteroatoms. The van der Waals surface area contributed by atoms with Crippen LogP contribution in [0.5, 0.6) is 0 Å². The van der Waals surface area contributed by atoms with Gasteiger partial charge in [0.1, 0.15) is 0 Å². The number of hydrogen-bond acceptors (Lipinski definition) is 4. The number of nitrogens with zero attached hydrogens (tertiary/aromatic N) is 1. The highest BCUT2D eigenvalue weighted by molar-refractivity contribution is 14.1. The summed E-state index contributed by atoms with van der Waals surface area (Å²) in [6, 6.07) is 4.00. The lowest BCUT2D eigenvalue weighted by molar-refractivity contribution is 0.0695. The molecule has 2 N–H and O–H groups in total. The predicted molar refractivity (Wildman–Crippen MR) is 75.5 cm³/mol. The molecule has 6 nitrogen and oxygen atoms in total. The predicted octanol–water partition coefficient (Wildman–Crippen LogP) is 0.745. The van der Waals surface area contributed by atoms with Crippen molar-refractivity contribution in [3.63, 3.8) is 0 Å². The van der Waals surface area contributed by atoms with Gasteiger partial charge in [0.2, 0.25) is 10.0 Å². The first-order valence-corrected chi connectivity index (χ1v) is 8.05. The Bertz CT molecular complexity index is 616. The zero-order valence-corrected chi connectivity index (χ0v) is 12.8. The number of halogens is 1. The summed E-state index contributed by atoms with van der Waals surface area (Å²) in [7, 11) is -3.74. The van der Waals surface area contributed by atoms with Crippen LogP contribution >= 0.6 is 22.6 Å². The van der Waals surface area contributed by atoms with Crippen molar-refractivity contribution in [1.29, 1.82) is 0 Å². The second-order valence-corrected chi connectivity index (χ2v) is 7.35. The van der Waals surface area contributed by atoms with Crippen LogP contribution in [0.1, 0.15) is 16.8 Å². The number of carboxylic acids is 1. The van der Waals surface area contributed by atoms with Crippen LogP contribution in [0.15, 0.2) is 23.1 Å². The van der Waals surface area contributed by atoms with Gasteiger partial charge in [-0.2, -0.15) is 4.31 Å². The number of aromatic carboxylic acids is 1. The first-order chi connectivity index (χ1) is 8.82. The summed E-state index contributed by atoms with van der Waals surface area (Å²) < 4.78 is 26.2. The summed E-state index contributed by atoms with van der Waals surface area (Å²) in [5.74, 6) is -1.16. The monoisotopic (exact) mass is 397 g/mol. The first kappa shape index (κ1) is 14.7. The minimum Gasteiger partial charge on any atom is -0.478 e. The Morgan fingerprint density at radius 1 is 1.42 bits per heavy atom. The number of benzene rings is 1. The number of hydrogen-bond donors (Lipinski definition) is 2. The van der Waals surface area contributed by atoms with E-state index in [-0.39, 0.29) is 23.5 Å². The summed E-state index contributed by atoms with van der Waals surface area (Å²) in [5.41, 5.74) is -0.0404. The Hall–Kier alpha value is -0.710. The number of carbonyl (C=O) groups is 1. The van der Waals surface area contributed by atoms with Crippen LogP contribution in [-0.4, -0.2) is 48.1 Å². The number of carboxylic acid groups (broad SMARTS) is 1. The largest absolute Gasteiger partial charge is 0.478 e. The molecule has 1 aliphatic rings. The number of β-amino-alcohol motifs (C(OH)–C–C–N with tert-alkyl or cyclic N) is 1. The molecule has 0 spiro atoms. The Kier molecular flexibility index (Phi) is 4.14. The third-order valence-electron chi connectivity index (χ3n) is 2.93. The SMILES string of the molecule is O=C(O)c1cc(S(=O)(=O)N2CC[C@H](O)C2)ccc1I. The second kappa shape index (κ2) is 5.35. The van der Waals surface area contributed by atoms with Crippen molar-refractivity contribution < 1.29 is 23.4 Å². The topological polar surface area (TPSA) is 94.9 Å². The van der Waals surface area contributed by atoms with Crippen molar-refractivity contribution in [2.24, 2.45) is 0 Å². The minimum atomic E-state index is -3.74. The van der Waals surface area contributed by atoms with Crippen LogP contribution in [0.2, 0.25) is 0 Å². The van der Waals surface area contributed by atoms with E-state index in [0.29, 0.717) is 9.99 Å². The molecule has 104 valence electrons. The maximum atomic E-state index is 12.3. The summed E-state index contributed by atoms with van der Waals surface area (Å²) in [5, 5.41) is 18.4. The maximum absolute atomic E-state index is 12.3. The van der Waals surface area contributed by atoms with Crippen LogP contribution in [0.4, 0.5) is 0 Å². The second-order valence-electron chi connectivity index (χ2n) is 4.25. The van der Waals surface area contributed by atoms with E-state index < -0.39 is 22.1 Å². The molecule has 0 bridgehead atoms. The average molecular weight is 397 g/mol. The van der Waals surface area contributed by atoms with E-state index in [2.05, 4.69) is 0 Å². The van der Waals surface area contributed by atoms with Crippen LogP contribution in [0.25, 0.3) is 0 Å². The number of rotatable bonds is 3. The van der Waals surface area contributed by atoms with Gasteiger partial charge in [-0.1, -0.05) is 0 Å². The van der Waals surface area contributed by atoms with Gasteiger partial charge in [0.15, 0.2) is 0 Å². The fraction of sp³-hybridized carbons (Fsp3) is 0.364. The molecule has 1 aliphatic heterocycles. The molecule has 0 radical (unpaired) electrons. The molecular weight excluding hydrogens is 385 g/mol. The van der Waals surface area contributed by atoms with Gasteiger partial charge in [-0.15, -0.1) is 0 Å². The molecule has 1 fully saturated rings. The van der Waals surface area contributed by atoms with Crippen molar-refractivity contribution >= 4 is 38.6 Å². The van der Waals surface area contributed by atoms with Gasteiger partial charge in [0.25, 0.3) is 0 Å². The van der Waals surface area contributed by atoms with Crippen molar-refractivity contribution in [2.75, 3.05) is 13.1 Å². The molecule has 1 saturated heterocycles. The number of sulfonamides is 1. The molecule has 1 aromatic rings. The zero-order valence-electron chi connectivity index (χ0n) is 9.78. The molecule has 2 rings (SSSR count). The maximum Gasteiger partial charge on any atom is 0.336 e. The fourth-order valence-electron chi connectivity index (χ4n) is 1.91. The van der Waals surface area contributed by atoms with Gasteiger partial charge in [-0.25, -0.2) is 13.2 Å². The van der Waals surface area contributed by atoms with Gasteiger partial charge < -0.3 is 10.2 Å². The Morgan fingerprint density at radius 3 is 2.63 bits per heavy atom. The Labute approximate surface area is 124 Å². The molecule has 1 atom stereocenters. The van der Waals surface area contributed by atoms with Crippen molar-refractivity contribution in [3.8, 4) is 0 Å². The van der Waals surface area contributed by atoms with Gasteiger partial charge in [-0.05, 0) is 47.2 Å². The molecule has 1 heterocycles. The van der Waals surface area contributed by atoms with Gasteiger partial charge >= 0.3 is 5.97 Å². The van der Waals surface area contributed by atoms with E-state index in [1.807, 2.05) is 22.6 Å². The molecule has 0 aliphatic carbocycles. The quantitative estimate of drug-likeness (QED) is 0.734. The normalized spacial score (nSPS) is 20.6. The summed E-state index contributed by atoms with van der Waals surface area (Å²) in [6.07, 6.45) is -0.257.